The molecule has 5 nitrogen and oxygen atoms in total. The van der Waals surface area contributed by atoms with E-state index in [-0.39, 0.29) is 24.0 Å². The monoisotopic (exact) mass is 485 g/mol. The number of hydrogen-bond acceptors (Lipinski definition) is 3. The van der Waals surface area contributed by atoms with Crippen LogP contribution in [-0.4, -0.2) is 43.9 Å². The van der Waals surface area contributed by atoms with Crippen LogP contribution in [0.1, 0.15) is 50.5 Å². The van der Waals surface area contributed by atoms with Gasteiger partial charge in [-0.25, -0.2) is 0 Å². The number of benzene rings is 1. The number of nitrogens with zero attached hydrogens (tertiary/aromatic N) is 1. The third-order valence-corrected chi connectivity index (χ3v) is 5.89. The normalized spacial score (nSPS) is 27.4. The number of nitrogens with one attached hydrogen (secondary N) is 2. The molecule has 27 heavy (non-hydrogen) atoms. The summed E-state index contributed by atoms with van der Waals surface area (Å²) in [6, 6.07) is 8.96. The molecule has 0 spiro atoms. The van der Waals surface area contributed by atoms with E-state index in [9.17, 15) is 0 Å². The van der Waals surface area contributed by atoms with Gasteiger partial charge >= 0.3 is 0 Å². The molecule has 1 aromatic carbocycles. The summed E-state index contributed by atoms with van der Waals surface area (Å²) in [5, 5.41) is 6.96. The largest absolute Gasteiger partial charge is 0.490 e. The predicted octanol–water partition coefficient (Wildman–Crippen LogP) is 3.65. The Morgan fingerprint density at radius 3 is 2.56 bits per heavy atom. The van der Waals surface area contributed by atoms with Gasteiger partial charge in [-0.2, -0.15) is 0 Å². The zero-order chi connectivity index (χ0) is 17.8. The fourth-order valence-corrected chi connectivity index (χ4v) is 4.42. The minimum Gasteiger partial charge on any atom is -0.490 e. The number of guanidine groups is 1. The smallest absolute Gasteiger partial charge is 0.191 e. The summed E-state index contributed by atoms with van der Waals surface area (Å²) in [4.78, 5) is 4.36. The molecule has 1 aromatic rings. The lowest BCUT2D eigenvalue weighted by atomic mass is 9.96. The van der Waals surface area contributed by atoms with Crippen LogP contribution in [0.25, 0.3) is 0 Å². The van der Waals surface area contributed by atoms with E-state index in [1.54, 1.807) is 0 Å². The van der Waals surface area contributed by atoms with Crippen molar-refractivity contribution in [1.29, 1.82) is 0 Å². The van der Waals surface area contributed by atoms with Crippen molar-refractivity contribution in [1.82, 2.24) is 10.6 Å². The molecule has 3 atom stereocenters. The lowest BCUT2D eigenvalue weighted by Crippen LogP contribution is -2.47. The van der Waals surface area contributed by atoms with Gasteiger partial charge in [-0.1, -0.05) is 12.1 Å². The van der Waals surface area contributed by atoms with Gasteiger partial charge in [-0.05, 0) is 69.1 Å². The van der Waals surface area contributed by atoms with Crippen molar-refractivity contribution in [2.24, 2.45) is 4.99 Å². The fourth-order valence-electron chi connectivity index (χ4n) is 4.42. The van der Waals surface area contributed by atoms with E-state index in [0.717, 1.165) is 31.1 Å². The van der Waals surface area contributed by atoms with E-state index < -0.39 is 0 Å². The van der Waals surface area contributed by atoms with Crippen molar-refractivity contribution in [2.75, 3.05) is 13.6 Å². The van der Waals surface area contributed by atoms with Gasteiger partial charge in [0, 0.05) is 13.6 Å². The maximum atomic E-state index is 6.03. The van der Waals surface area contributed by atoms with Crippen LogP contribution in [-0.2, 0) is 11.2 Å². The van der Waals surface area contributed by atoms with Crippen LogP contribution >= 0.6 is 24.0 Å². The first kappa shape index (κ1) is 20.7. The molecule has 0 amide bonds. The maximum Gasteiger partial charge on any atom is 0.191 e. The summed E-state index contributed by atoms with van der Waals surface area (Å²) in [5.41, 5.74) is 1.31. The lowest BCUT2D eigenvalue weighted by Gasteiger charge is -2.22. The second-order valence-corrected chi connectivity index (χ2v) is 7.78. The first-order valence-electron chi connectivity index (χ1n) is 10.2. The Morgan fingerprint density at radius 2 is 1.93 bits per heavy atom. The van der Waals surface area contributed by atoms with Crippen LogP contribution < -0.4 is 15.4 Å². The summed E-state index contributed by atoms with van der Waals surface area (Å²) in [7, 11) is 1.83. The Bertz CT molecular complexity index is 616. The molecule has 2 bridgehead atoms. The Hall–Kier alpha value is -1.02. The Labute approximate surface area is 179 Å². The van der Waals surface area contributed by atoms with Crippen LogP contribution in [0.4, 0.5) is 0 Å². The molecule has 4 rings (SSSR count). The van der Waals surface area contributed by atoms with Crippen molar-refractivity contribution in [3.05, 3.63) is 29.8 Å². The minimum absolute atomic E-state index is 0. The summed E-state index contributed by atoms with van der Waals surface area (Å²) in [5.74, 6) is 1.88. The predicted molar refractivity (Wildman–Crippen MR) is 119 cm³/mol. The van der Waals surface area contributed by atoms with Crippen LogP contribution in [0.3, 0.4) is 0 Å². The number of ether oxygens (including phenoxy) is 2. The summed E-state index contributed by atoms with van der Waals surface area (Å²) < 4.78 is 11.9. The van der Waals surface area contributed by atoms with Crippen molar-refractivity contribution in [3.63, 3.8) is 0 Å². The Balaban J connectivity index is 0.00000210. The zero-order valence-electron chi connectivity index (χ0n) is 16.2. The topological polar surface area (TPSA) is 54.9 Å². The first-order valence-corrected chi connectivity index (χ1v) is 10.2. The number of halogens is 1. The standard InChI is InChI=1S/C21H31N3O2.HI/c1-22-21(24-19-14-18-10-11-20(19)26-18)23-13-12-15-6-8-17(9-7-15)25-16-4-2-3-5-16;/h6-9,16,18-20H,2-5,10-14H2,1H3,(H2,22,23,24);1H. The molecule has 2 aliphatic heterocycles. The van der Waals surface area contributed by atoms with Crippen LogP contribution in [0, 0.1) is 0 Å². The van der Waals surface area contributed by atoms with Gasteiger partial charge in [-0.3, -0.25) is 4.99 Å². The summed E-state index contributed by atoms with van der Waals surface area (Å²) in [6.45, 7) is 0.865. The van der Waals surface area contributed by atoms with Crippen LogP contribution in [0.2, 0.25) is 0 Å². The molecule has 2 heterocycles. The highest BCUT2D eigenvalue weighted by atomic mass is 127. The SMILES string of the molecule is CN=C(NCCc1ccc(OC2CCCC2)cc1)NC1CC2CCC1O2.I. The fraction of sp³-hybridized carbons (Fsp3) is 0.667. The van der Waals surface area contributed by atoms with Gasteiger partial charge in [0.1, 0.15) is 5.75 Å². The number of rotatable bonds is 6. The molecule has 0 aromatic heterocycles. The van der Waals surface area contributed by atoms with Gasteiger partial charge in [0.2, 0.25) is 0 Å². The van der Waals surface area contributed by atoms with Gasteiger partial charge < -0.3 is 20.1 Å². The number of fused-ring (bicyclic) bond motifs is 2. The van der Waals surface area contributed by atoms with E-state index in [4.69, 9.17) is 9.47 Å². The van der Waals surface area contributed by atoms with Gasteiger partial charge in [0.25, 0.3) is 0 Å². The average Bonchev–Trinajstić information content (AvgIpc) is 3.40. The highest BCUT2D eigenvalue weighted by molar-refractivity contribution is 14.0. The second-order valence-electron chi connectivity index (χ2n) is 7.78. The highest BCUT2D eigenvalue weighted by Crippen LogP contribution is 2.34. The molecule has 2 N–H and O–H groups in total. The molecular weight excluding hydrogens is 453 g/mol. The van der Waals surface area contributed by atoms with Gasteiger partial charge in [0.15, 0.2) is 5.96 Å². The van der Waals surface area contributed by atoms with Crippen molar-refractivity contribution < 1.29 is 9.47 Å². The molecule has 2 saturated heterocycles. The molecule has 3 aliphatic rings. The third-order valence-electron chi connectivity index (χ3n) is 5.89. The molecular formula is C21H32IN3O2. The average molecular weight is 485 g/mol. The van der Waals surface area contributed by atoms with E-state index in [2.05, 4.69) is 39.9 Å². The zero-order valence-corrected chi connectivity index (χ0v) is 18.5. The lowest BCUT2D eigenvalue weighted by molar-refractivity contribution is 0.0992. The van der Waals surface area contributed by atoms with Crippen LogP contribution in [0.15, 0.2) is 29.3 Å². The van der Waals surface area contributed by atoms with E-state index in [0.29, 0.717) is 24.4 Å². The second kappa shape index (κ2) is 9.96. The summed E-state index contributed by atoms with van der Waals surface area (Å²) in [6.07, 6.45) is 10.7. The Kier molecular flexibility index (Phi) is 7.64. The highest BCUT2D eigenvalue weighted by Gasteiger charge is 2.41. The van der Waals surface area contributed by atoms with Gasteiger partial charge in [-0.15, -0.1) is 24.0 Å². The molecule has 1 saturated carbocycles. The molecule has 6 heteroatoms. The van der Waals surface area contributed by atoms with E-state index >= 15 is 0 Å². The third kappa shape index (κ3) is 5.50. The summed E-state index contributed by atoms with van der Waals surface area (Å²) >= 11 is 0. The molecule has 1 aliphatic carbocycles. The first-order chi connectivity index (χ1) is 12.8. The van der Waals surface area contributed by atoms with Crippen LogP contribution in [0.5, 0.6) is 5.75 Å². The van der Waals surface area contributed by atoms with E-state index in [1.165, 1.54) is 44.1 Å². The molecule has 0 radical (unpaired) electrons. The molecule has 150 valence electrons. The minimum atomic E-state index is 0. The van der Waals surface area contributed by atoms with Crippen molar-refractivity contribution in [2.45, 2.75) is 75.7 Å². The number of aliphatic imine (C=N–C) groups is 1. The van der Waals surface area contributed by atoms with Crippen molar-refractivity contribution in [3.8, 4) is 5.75 Å². The molecule has 3 unspecified atom stereocenters. The maximum absolute atomic E-state index is 6.03. The number of hydrogen-bond donors (Lipinski definition) is 2. The van der Waals surface area contributed by atoms with Crippen molar-refractivity contribution >= 4 is 29.9 Å². The van der Waals surface area contributed by atoms with Gasteiger partial charge in [0.05, 0.1) is 24.4 Å². The quantitative estimate of drug-likeness (QED) is 0.367. The van der Waals surface area contributed by atoms with E-state index in [1.807, 2.05) is 7.05 Å². The Morgan fingerprint density at radius 1 is 1.15 bits per heavy atom. The molecule has 3 fully saturated rings.